The molecule has 1 aromatic heterocycles. The molecular weight excluding hydrogens is 372 g/mol. The first kappa shape index (κ1) is 18.2. The van der Waals surface area contributed by atoms with Crippen LogP contribution in [0.5, 0.6) is 5.75 Å². The van der Waals surface area contributed by atoms with Crippen molar-refractivity contribution >= 4 is 33.6 Å². The van der Waals surface area contributed by atoms with E-state index < -0.39 is 17.4 Å². The number of amides is 2. The van der Waals surface area contributed by atoms with E-state index in [0.717, 1.165) is 10.8 Å². The lowest BCUT2D eigenvalue weighted by Gasteiger charge is -2.09. The Balaban J connectivity index is 1.36. The first-order valence-corrected chi connectivity index (χ1v) is 8.84. The molecule has 7 nitrogen and oxygen atoms in total. The van der Waals surface area contributed by atoms with E-state index >= 15 is 0 Å². The van der Waals surface area contributed by atoms with Crippen LogP contribution in [0, 0.1) is 0 Å². The predicted molar refractivity (Wildman–Crippen MR) is 108 cm³/mol. The molecule has 29 heavy (non-hydrogen) atoms. The average molecular weight is 388 g/mol. The number of fused-ring (bicyclic) bond motifs is 2. The monoisotopic (exact) mass is 388 g/mol. The third-order valence-corrected chi connectivity index (χ3v) is 4.29. The highest BCUT2D eigenvalue weighted by Crippen LogP contribution is 2.20. The Morgan fingerprint density at radius 2 is 1.55 bits per heavy atom. The van der Waals surface area contributed by atoms with Crippen LogP contribution in [-0.2, 0) is 4.79 Å². The summed E-state index contributed by atoms with van der Waals surface area (Å²) >= 11 is 0. The maximum Gasteiger partial charge on any atom is 0.349 e. The molecule has 144 valence electrons. The molecule has 0 radical (unpaired) electrons. The molecular formula is C22H16N2O5. The van der Waals surface area contributed by atoms with Gasteiger partial charge in [0.05, 0.1) is 0 Å². The SMILES string of the molecule is O=C(COc1ccc2ccccc2c1)NNC(=O)c1cc2ccccc2oc1=O. The minimum Gasteiger partial charge on any atom is -0.484 e. The van der Waals surface area contributed by atoms with Gasteiger partial charge in [0.15, 0.2) is 6.61 Å². The molecule has 7 heteroatoms. The zero-order chi connectivity index (χ0) is 20.2. The Kier molecular flexibility index (Phi) is 4.94. The normalized spacial score (nSPS) is 10.6. The Hall–Kier alpha value is -4.13. The van der Waals surface area contributed by atoms with Crippen LogP contribution in [0.25, 0.3) is 21.7 Å². The molecule has 0 aliphatic heterocycles. The van der Waals surface area contributed by atoms with Crippen LogP contribution >= 0.6 is 0 Å². The van der Waals surface area contributed by atoms with Gasteiger partial charge in [0.1, 0.15) is 16.9 Å². The molecule has 4 rings (SSSR count). The number of rotatable bonds is 4. The van der Waals surface area contributed by atoms with Crippen LogP contribution in [0.3, 0.4) is 0 Å². The van der Waals surface area contributed by atoms with E-state index in [1.165, 1.54) is 6.07 Å². The van der Waals surface area contributed by atoms with Crippen LogP contribution < -0.4 is 21.2 Å². The quantitative estimate of drug-likeness (QED) is 0.414. The third kappa shape index (κ3) is 4.08. The van der Waals surface area contributed by atoms with Gasteiger partial charge in [-0.2, -0.15) is 0 Å². The first-order valence-electron chi connectivity index (χ1n) is 8.84. The zero-order valence-corrected chi connectivity index (χ0v) is 15.2. The highest BCUT2D eigenvalue weighted by molar-refractivity contribution is 5.97. The van der Waals surface area contributed by atoms with Gasteiger partial charge in [-0.25, -0.2) is 4.79 Å². The van der Waals surface area contributed by atoms with Gasteiger partial charge in [-0.15, -0.1) is 0 Å². The molecule has 0 aliphatic rings. The Morgan fingerprint density at radius 1 is 0.828 bits per heavy atom. The minimum atomic E-state index is -0.789. The maximum absolute atomic E-state index is 12.2. The number of carbonyl (C=O) groups excluding carboxylic acids is 2. The summed E-state index contributed by atoms with van der Waals surface area (Å²) in [5.74, 6) is -0.819. The standard InChI is InChI=1S/C22H16N2O5/c25-20(13-28-17-10-9-14-5-1-2-6-15(14)11-17)23-24-21(26)18-12-16-7-3-4-8-19(16)29-22(18)27/h1-12H,13H2,(H,23,25)(H,24,26). The van der Waals surface area contributed by atoms with Gasteiger partial charge in [-0.3, -0.25) is 20.4 Å². The molecule has 0 unspecified atom stereocenters. The molecule has 0 spiro atoms. The topological polar surface area (TPSA) is 97.6 Å². The van der Waals surface area contributed by atoms with E-state index in [-0.39, 0.29) is 12.2 Å². The molecule has 3 aromatic carbocycles. The Morgan fingerprint density at radius 3 is 2.38 bits per heavy atom. The molecule has 0 aliphatic carbocycles. The third-order valence-electron chi connectivity index (χ3n) is 4.29. The molecule has 1 heterocycles. The van der Waals surface area contributed by atoms with Gasteiger partial charge < -0.3 is 9.15 Å². The molecule has 0 saturated heterocycles. The molecule has 2 N–H and O–H groups in total. The van der Waals surface area contributed by atoms with Gasteiger partial charge in [0, 0.05) is 5.39 Å². The highest BCUT2D eigenvalue weighted by atomic mass is 16.5. The smallest absolute Gasteiger partial charge is 0.349 e. The van der Waals surface area contributed by atoms with Gasteiger partial charge in [0.2, 0.25) is 0 Å². The molecule has 0 fully saturated rings. The number of hydrogen-bond acceptors (Lipinski definition) is 5. The van der Waals surface area contributed by atoms with E-state index in [0.29, 0.717) is 16.7 Å². The fourth-order valence-corrected chi connectivity index (χ4v) is 2.86. The summed E-state index contributed by atoms with van der Waals surface area (Å²) in [6.07, 6.45) is 0. The van der Waals surface area contributed by atoms with Crippen LogP contribution in [0.2, 0.25) is 0 Å². The van der Waals surface area contributed by atoms with Crippen molar-refractivity contribution in [1.29, 1.82) is 0 Å². The maximum atomic E-state index is 12.2. The van der Waals surface area contributed by atoms with Crippen molar-refractivity contribution in [3.63, 3.8) is 0 Å². The van der Waals surface area contributed by atoms with E-state index in [4.69, 9.17) is 9.15 Å². The number of hydrogen-bond donors (Lipinski definition) is 2. The largest absolute Gasteiger partial charge is 0.484 e. The second-order valence-corrected chi connectivity index (χ2v) is 6.29. The second kappa shape index (κ2) is 7.85. The van der Waals surface area contributed by atoms with Gasteiger partial charge in [-0.05, 0) is 35.0 Å². The Bertz CT molecular complexity index is 1280. The van der Waals surface area contributed by atoms with Crippen molar-refractivity contribution in [2.24, 2.45) is 0 Å². The van der Waals surface area contributed by atoms with Crippen LogP contribution in [0.1, 0.15) is 10.4 Å². The van der Waals surface area contributed by atoms with Crippen molar-refractivity contribution in [3.8, 4) is 5.75 Å². The summed E-state index contributed by atoms with van der Waals surface area (Å²) in [7, 11) is 0. The molecule has 0 bridgehead atoms. The van der Waals surface area contributed by atoms with Gasteiger partial charge in [0.25, 0.3) is 11.8 Å². The number of hydrazine groups is 1. The van der Waals surface area contributed by atoms with Gasteiger partial charge >= 0.3 is 5.63 Å². The highest BCUT2D eigenvalue weighted by Gasteiger charge is 2.14. The minimum absolute atomic E-state index is 0.209. The van der Waals surface area contributed by atoms with Crippen molar-refractivity contribution in [3.05, 3.63) is 88.8 Å². The van der Waals surface area contributed by atoms with E-state index in [1.54, 1.807) is 30.3 Å². The molecule has 2 amide bonds. The summed E-state index contributed by atoms with van der Waals surface area (Å²) in [5.41, 5.74) is 3.79. The number of carbonyl (C=O) groups is 2. The summed E-state index contributed by atoms with van der Waals surface area (Å²) in [6, 6.07) is 21.5. The first-order chi connectivity index (χ1) is 14.1. The van der Waals surface area contributed by atoms with Crippen molar-refractivity contribution in [1.82, 2.24) is 10.9 Å². The van der Waals surface area contributed by atoms with Crippen LogP contribution in [0.15, 0.2) is 82.0 Å². The number of benzene rings is 3. The fourth-order valence-electron chi connectivity index (χ4n) is 2.86. The van der Waals surface area contributed by atoms with E-state index in [9.17, 15) is 14.4 Å². The van der Waals surface area contributed by atoms with Crippen molar-refractivity contribution in [2.75, 3.05) is 6.61 Å². The molecule has 0 atom stereocenters. The van der Waals surface area contributed by atoms with E-state index in [2.05, 4.69) is 10.9 Å². The lowest BCUT2D eigenvalue weighted by molar-refractivity contribution is -0.123. The summed E-state index contributed by atoms with van der Waals surface area (Å²) in [5, 5.41) is 2.65. The second-order valence-electron chi connectivity index (χ2n) is 6.29. The summed E-state index contributed by atoms with van der Waals surface area (Å²) in [4.78, 5) is 36.1. The van der Waals surface area contributed by atoms with E-state index in [1.807, 2.05) is 36.4 Å². The van der Waals surface area contributed by atoms with Crippen LogP contribution in [-0.4, -0.2) is 18.4 Å². The lowest BCUT2D eigenvalue weighted by Crippen LogP contribution is -2.45. The Labute approximate surface area is 164 Å². The average Bonchev–Trinajstić information content (AvgIpc) is 2.75. The predicted octanol–water partition coefficient (Wildman–Crippen LogP) is 2.79. The number of para-hydroxylation sites is 1. The molecule has 4 aromatic rings. The zero-order valence-electron chi connectivity index (χ0n) is 15.2. The lowest BCUT2D eigenvalue weighted by atomic mass is 10.1. The number of nitrogens with one attached hydrogen (secondary N) is 2. The van der Waals surface area contributed by atoms with Crippen molar-refractivity contribution < 1.29 is 18.7 Å². The molecule has 0 saturated carbocycles. The fraction of sp³-hybridized carbons (Fsp3) is 0.0455. The summed E-state index contributed by atoms with van der Waals surface area (Å²) < 4.78 is 10.6. The van der Waals surface area contributed by atoms with Gasteiger partial charge in [-0.1, -0.05) is 48.5 Å². The number of ether oxygens (including phenoxy) is 1. The van der Waals surface area contributed by atoms with Crippen molar-refractivity contribution in [2.45, 2.75) is 0 Å². The van der Waals surface area contributed by atoms with Crippen LogP contribution in [0.4, 0.5) is 0 Å². The summed E-state index contributed by atoms with van der Waals surface area (Å²) in [6.45, 7) is -0.301.